The summed E-state index contributed by atoms with van der Waals surface area (Å²) < 4.78 is 5.12. The first kappa shape index (κ1) is 19.7. The van der Waals surface area contributed by atoms with Gasteiger partial charge in [-0.25, -0.2) is 0 Å². The molecular weight excluding hydrogens is 358 g/mol. The molecule has 28 heavy (non-hydrogen) atoms. The summed E-state index contributed by atoms with van der Waals surface area (Å²) in [6.45, 7) is 4.17. The molecule has 0 saturated carbocycles. The van der Waals surface area contributed by atoms with Crippen molar-refractivity contribution in [2.45, 2.75) is 26.3 Å². The van der Waals surface area contributed by atoms with E-state index in [1.54, 1.807) is 12.1 Å². The van der Waals surface area contributed by atoms with E-state index in [-0.39, 0.29) is 22.5 Å². The fourth-order valence-corrected chi connectivity index (χ4v) is 3.45. The molecule has 0 aliphatic carbocycles. The average molecular weight is 383 g/mol. The number of anilines is 2. The highest BCUT2D eigenvalue weighted by Crippen LogP contribution is 2.32. The first-order valence-electron chi connectivity index (χ1n) is 9.56. The molecule has 0 spiro atoms. The SMILES string of the molecule is CCOC(=O)C1CCN(c2ccc([N+](=O)[O-])c(NCc3ccccc3)c2)CC1. The Morgan fingerprint density at radius 2 is 1.93 bits per heavy atom. The van der Waals surface area contributed by atoms with E-state index in [4.69, 9.17) is 4.74 Å². The molecule has 0 bridgehead atoms. The van der Waals surface area contributed by atoms with Crippen molar-refractivity contribution in [2.24, 2.45) is 5.92 Å². The van der Waals surface area contributed by atoms with Crippen molar-refractivity contribution in [3.63, 3.8) is 0 Å². The Kier molecular flexibility index (Phi) is 6.47. The second-order valence-electron chi connectivity index (χ2n) is 6.81. The molecule has 7 heteroatoms. The molecule has 1 N–H and O–H groups in total. The van der Waals surface area contributed by atoms with Gasteiger partial charge in [-0.05, 0) is 37.5 Å². The van der Waals surface area contributed by atoms with E-state index in [0.717, 1.165) is 37.2 Å². The monoisotopic (exact) mass is 383 g/mol. The highest BCUT2D eigenvalue weighted by molar-refractivity contribution is 5.73. The Bertz CT molecular complexity index is 818. The van der Waals surface area contributed by atoms with Crippen LogP contribution < -0.4 is 10.2 Å². The molecule has 0 radical (unpaired) electrons. The second-order valence-corrected chi connectivity index (χ2v) is 6.81. The van der Waals surface area contributed by atoms with Crippen molar-refractivity contribution in [3.8, 4) is 0 Å². The lowest BCUT2D eigenvalue weighted by Crippen LogP contribution is -2.37. The summed E-state index contributed by atoms with van der Waals surface area (Å²) in [5.74, 6) is -0.194. The van der Waals surface area contributed by atoms with Gasteiger partial charge in [0.25, 0.3) is 5.69 Å². The third-order valence-electron chi connectivity index (χ3n) is 4.98. The molecule has 2 aromatic carbocycles. The van der Waals surface area contributed by atoms with Gasteiger partial charge in [-0.3, -0.25) is 14.9 Å². The van der Waals surface area contributed by atoms with E-state index in [0.29, 0.717) is 18.8 Å². The van der Waals surface area contributed by atoms with E-state index in [1.165, 1.54) is 0 Å². The van der Waals surface area contributed by atoms with Gasteiger partial charge in [-0.1, -0.05) is 30.3 Å². The summed E-state index contributed by atoms with van der Waals surface area (Å²) in [5, 5.41) is 14.6. The molecule has 3 rings (SSSR count). The van der Waals surface area contributed by atoms with Crippen LogP contribution in [0.4, 0.5) is 17.1 Å². The predicted molar refractivity (Wildman–Crippen MR) is 108 cm³/mol. The number of nitrogens with zero attached hydrogens (tertiary/aromatic N) is 2. The van der Waals surface area contributed by atoms with Crippen LogP contribution in [0.5, 0.6) is 0 Å². The van der Waals surface area contributed by atoms with Crippen LogP contribution >= 0.6 is 0 Å². The first-order valence-corrected chi connectivity index (χ1v) is 9.56. The van der Waals surface area contributed by atoms with E-state index in [1.807, 2.05) is 43.3 Å². The van der Waals surface area contributed by atoms with E-state index < -0.39 is 0 Å². The zero-order valence-electron chi connectivity index (χ0n) is 16.0. The molecule has 1 aliphatic rings. The number of piperidine rings is 1. The summed E-state index contributed by atoms with van der Waals surface area (Å²) in [5.41, 5.74) is 2.53. The second kappa shape index (κ2) is 9.21. The van der Waals surface area contributed by atoms with Crippen LogP contribution in [0.2, 0.25) is 0 Å². The molecule has 1 saturated heterocycles. The zero-order chi connectivity index (χ0) is 19.9. The molecule has 0 amide bonds. The van der Waals surface area contributed by atoms with E-state index in [9.17, 15) is 14.9 Å². The van der Waals surface area contributed by atoms with Crippen molar-refractivity contribution < 1.29 is 14.5 Å². The Labute approximate surface area is 164 Å². The molecule has 0 aromatic heterocycles. The fourth-order valence-electron chi connectivity index (χ4n) is 3.45. The van der Waals surface area contributed by atoms with Gasteiger partial charge in [-0.2, -0.15) is 0 Å². The molecule has 1 fully saturated rings. The van der Waals surface area contributed by atoms with E-state index >= 15 is 0 Å². The third-order valence-corrected chi connectivity index (χ3v) is 4.98. The van der Waals surface area contributed by atoms with Crippen LogP contribution in [-0.2, 0) is 16.1 Å². The maximum atomic E-state index is 11.9. The number of esters is 1. The number of nitrogens with one attached hydrogen (secondary N) is 1. The number of rotatable bonds is 7. The normalized spacial score (nSPS) is 14.5. The topological polar surface area (TPSA) is 84.7 Å². The van der Waals surface area contributed by atoms with Crippen molar-refractivity contribution in [2.75, 3.05) is 29.9 Å². The van der Waals surface area contributed by atoms with Gasteiger partial charge in [0, 0.05) is 31.4 Å². The summed E-state index contributed by atoms with van der Waals surface area (Å²) in [4.78, 5) is 25.1. The van der Waals surface area contributed by atoms with Crippen LogP contribution in [-0.4, -0.2) is 30.6 Å². The van der Waals surface area contributed by atoms with Crippen molar-refractivity contribution >= 4 is 23.0 Å². The lowest BCUT2D eigenvalue weighted by atomic mass is 9.96. The molecular formula is C21H25N3O4. The van der Waals surface area contributed by atoms with Crippen LogP contribution in [0.3, 0.4) is 0 Å². The molecule has 0 atom stereocenters. The van der Waals surface area contributed by atoms with Crippen molar-refractivity contribution in [1.29, 1.82) is 0 Å². The van der Waals surface area contributed by atoms with Crippen molar-refractivity contribution in [3.05, 3.63) is 64.2 Å². The molecule has 148 valence electrons. The predicted octanol–water partition coefficient (Wildman–Crippen LogP) is 3.99. The van der Waals surface area contributed by atoms with Gasteiger partial charge in [0.1, 0.15) is 5.69 Å². The lowest BCUT2D eigenvalue weighted by molar-refractivity contribution is -0.384. The minimum Gasteiger partial charge on any atom is -0.466 e. The Balaban J connectivity index is 1.70. The maximum absolute atomic E-state index is 11.9. The van der Waals surface area contributed by atoms with Gasteiger partial charge in [0.05, 0.1) is 17.4 Å². The number of nitro benzene ring substituents is 1. The zero-order valence-corrected chi connectivity index (χ0v) is 16.0. The summed E-state index contributed by atoms with van der Waals surface area (Å²) in [7, 11) is 0. The highest BCUT2D eigenvalue weighted by Gasteiger charge is 2.27. The number of benzene rings is 2. The summed E-state index contributed by atoms with van der Waals surface area (Å²) in [6, 6.07) is 14.9. The van der Waals surface area contributed by atoms with Crippen LogP contribution in [0.25, 0.3) is 0 Å². The molecule has 2 aromatic rings. The molecule has 1 aliphatic heterocycles. The maximum Gasteiger partial charge on any atom is 0.309 e. The molecule has 1 heterocycles. The Morgan fingerprint density at radius 1 is 1.21 bits per heavy atom. The van der Waals surface area contributed by atoms with Crippen LogP contribution in [0.1, 0.15) is 25.3 Å². The van der Waals surface area contributed by atoms with Crippen LogP contribution in [0, 0.1) is 16.0 Å². The van der Waals surface area contributed by atoms with Gasteiger partial charge in [0.2, 0.25) is 0 Å². The minimum atomic E-state index is -0.371. The fraction of sp³-hybridized carbons (Fsp3) is 0.381. The lowest BCUT2D eigenvalue weighted by Gasteiger charge is -2.32. The van der Waals surface area contributed by atoms with Gasteiger partial charge < -0.3 is 15.0 Å². The molecule has 7 nitrogen and oxygen atoms in total. The number of carbonyl (C=O) groups excluding carboxylic acids is 1. The summed E-state index contributed by atoms with van der Waals surface area (Å²) in [6.07, 6.45) is 1.45. The standard InChI is InChI=1S/C21H25N3O4/c1-2-28-21(25)17-10-12-23(13-11-17)18-8-9-20(24(26)27)19(14-18)22-15-16-6-4-3-5-7-16/h3-9,14,17,22H,2,10-13,15H2,1H3. The van der Waals surface area contributed by atoms with Gasteiger partial charge >= 0.3 is 5.97 Å². The highest BCUT2D eigenvalue weighted by atomic mass is 16.6. The van der Waals surface area contributed by atoms with E-state index in [2.05, 4.69) is 10.2 Å². The van der Waals surface area contributed by atoms with Gasteiger partial charge in [0.15, 0.2) is 0 Å². The number of carbonyl (C=O) groups is 1. The number of ether oxygens (including phenoxy) is 1. The number of hydrogen-bond donors (Lipinski definition) is 1. The number of nitro groups is 1. The quantitative estimate of drug-likeness (QED) is 0.442. The number of hydrogen-bond acceptors (Lipinski definition) is 6. The smallest absolute Gasteiger partial charge is 0.309 e. The van der Waals surface area contributed by atoms with Crippen molar-refractivity contribution in [1.82, 2.24) is 0 Å². The third kappa shape index (κ3) is 4.79. The largest absolute Gasteiger partial charge is 0.466 e. The molecule has 0 unspecified atom stereocenters. The Hall–Kier alpha value is -3.09. The van der Waals surface area contributed by atoms with Crippen LogP contribution in [0.15, 0.2) is 48.5 Å². The first-order chi connectivity index (χ1) is 13.6. The average Bonchev–Trinajstić information content (AvgIpc) is 2.73. The summed E-state index contributed by atoms with van der Waals surface area (Å²) >= 11 is 0. The van der Waals surface area contributed by atoms with Gasteiger partial charge in [-0.15, -0.1) is 0 Å². The Morgan fingerprint density at radius 3 is 2.57 bits per heavy atom. The minimum absolute atomic E-state index is 0.0566.